The molecule has 0 heterocycles. The standard InChI is InChI=1S/C14H13BrF2N2O/c1-2-20-10-4-8(18)3-9(5-10)19-14-6-11(15)12(16)7-13(14)17/h3-7,19H,2,18H2,1H3. The number of rotatable bonds is 4. The fourth-order valence-corrected chi connectivity index (χ4v) is 2.06. The highest BCUT2D eigenvalue weighted by molar-refractivity contribution is 9.10. The molecule has 0 radical (unpaired) electrons. The number of nitrogen functional groups attached to an aromatic ring is 1. The summed E-state index contributed by atoms with van der Waals surface area (Å²) in [6.45, 7) is 2.35. The molecule has 0 unspecified atom stereocenters. The van der Waals surface area contributed by atoms with Crippen LogP contribution in [0.1, 0.15) is 6.92 Å². The monoisotopic (exact) mass is 342 g/mol. The van der Waals surface area contributed by atoms with Crippen LogP contribution < -0.4 is 15.8 Å². The number of halogens is 3. The van der Waals surface area contributed by atoms with Crippen LogP contribution >= 0.6 is 15.9 Å². The van der Waals surface area contributed by atoms with Gasteiger partial charge < -0.3 is 15.8 Å². The van der Waals surface area contributed by atoms with E-state index in [-0.39, 0.29) is 10.2 Å². The van der Waals surface area contributed by atoms with Gasteiger partial charge in [-0.1, -0.05) is 0 Å². The van der Waals surface area contributed by atoms with Gasteiger partial charge in [0.05, 0.1) is 16.8 Å². The Bertz CT molecular complexity index is 635. The first kappa shape index (κ1) is 14.6. The molecule has 0 saturated carbocycles. The van der Waals surface area contributed by atoms with Gasteiger partial charge in [-0.25, -0.2) is 8.78 Å². The Labute approximate surface area is 123 Å². The zero-order chi connectivity index (χ0) is 14.7. The number of ether oxygens (including phenoxy) is 1. The summed E-state index contributed by atoms with van der Waals surface area (Å²) < 4.78 is 32.4. The lowest BCUT2D eigenvalue weighted by Gasteiger charge is -2.11. The highest BCUT2D eigenvalue weighted by atomic mass is 79.9. The third kappa shape index (κ3) is 3.39. The molecule has 0 atom stereocenters. The van der Waals surface area contributed by atoms with Crippen LogP contribution in [0.2, 0.25) is 0 Å². The molecule has 0 fully saturated rings. The number of hydrogen-bond donors (Lipinski definition) is 2. The first-order valence-corrected chi connectivity index (χ1v) is 6.74. The quantitative estimate of drug-likeness (QED) is 0.637. The predicted octanol–water partition coefficient (Wildman–Crippen LogP) is 4.45. The van der Waals surface area contributed by atoms with Crippen molar-refractivity contribution in [1.82, 2.24) is 0 Å². The van der Waals surface area contributed by atoms with Crippen LogP contribution in [-0.4, -0.2) is 6.61 Å². The Balaban J connectivity index is 2.32. The van der Waals surface area contributed by atoms with Crippen LogP contribution in [-0.2, 0) is 0 Å². The van der Waals surface area contributed by atoms with Gasteiger partial charge in [-0.15, -0.1) is 0 Å². The second-order valence-corrected chi connectivity index (χ2v) is 4.95. The molecule has 3 nitrogen and oxygen atoms in total. The first-order chi connectivity index (χ1) is 9.49. The summed E-state index contributed by atoms with van der Waals surface area (Å²) >= 11 is 3.02. The van der Waals surface area contributed by atoms with Crippen molar-refractivity contribution in [2.24, 2.45) is 0 Å². The third-order valence-corrected chi connectivity index (χ3v) is 3.14. The lowest BCUT2D eigenvalue weighted by Crippen LogP contribution is -1.99. The molecule has 0 amide bonds. The van der Waals surface area contributed by atoms with Crippen molar-refractivity contribution in [2.75, 3.05) is 17.7 Å². The fraction of sp³-hybridized carbons (Fsp3) is 0.143. The van der Waals surface area contributed by atoms with E-state index in [1.807, 2.05) is 6.92 Å². The number of benzene rings is 2. The largest absolute Gasteiger partial charge is 0.494 e. The first-order valence-electron chi connectivity index (χ1n) is 5.94. The Morgan fingerprint density at radius 2 is 1.90 bits per heavy atom. The number of nitrogens with two attached hydrogens (primary N) is 1. The van der Waals surface area contributed by atoms with Crippen molar-refractivity contribution in [3.05, 3.63) is 46.4 Å². The molecule has 6 heteroatoms. The van der Waals surface area contributed by atoms with E-state index in [9.17, 15) is 8.78 Å². The number of anilines is 3. The Morgan fingerprint density at radius 3 is 2.60 bits per heavy atom. The Hall–Kier alpha value is -1.82. The molecule has 20 heavy (non-hydrogen) atoms. The molecule has 106 valence electrons. The van der Waals surface area contributed by atoms with E-state index in [0.717, 1.165) is 6.07 Å². The average Bonchev–Trinajstić information content (AvgIpc) is 2.35. The van der Waals surface area contributed by atoms with E-state index in [1.165, 1.54) is 6.07 Å². The van der Waals surface area contributed by atoms with E-state index in [4.69, 9.17) is 10.5 Å². The summed E-state index contributed by atoms with van der Waals surface area (Å²) in [4.78, 5) is 0. The summed E-state index contributed by atoms with van der Waals surface area (Å²) in [5, 5.41) is 2.85. The lowest BCUT2D eigenvalue weighted by atomic mass is 10.2. The molecule has 0 aliphatic carbocycles. The molecule has 2 aromatic carbocycles. The lowest BCUT2D eigenvalue weighted by molar-refractivity contribution is 0.340. The summed E-state index contributed by atoms with van der Waals surface area (Å²) in [7, 11) is 0. The maximum atomic E-state index is 13.7. The Kier molecular flexibility index (Phi) is 4.44. The number of hydrogen-bond acceptors (Lipinski definition) is 3. The third-order valence-electron chi connectivity index (χ3n) is 2.53. The summed E-state index contributed by atoms with van der Waals surface area (Å²) in [5.41, 5.74) is 6.94. The van der Waals surface area contributed by atoms with Crippen LogP contribution in [0.15, 0.2) is 34.8 Å². The molecule has 0 aromatic heterocycles. The van der Waals surface area contributed by atoms with Crippen molar-refractivity contribution in [2.45, 2.75) is 6.92 Å². The zero-order valence-corrected chi connectivity index (χ0v) is 12.3. The van der Waals surface area contributed by atoms with Crippen LogP contribution in [0.25, 0.3) is 0 Å². The second kappa shape index (κ2) is 6.09. The fourth-order valence-electron chi connectivity index (χ4n) is 1.72. The van der Waals surface area contributed by atoms with Gasteiger partial charge >= 0.3 is 0 Å². The topological polar surface area (TPSA) is 47.3 Å². The van der Waals surface area contributed by atoms with Gasteiger partial charge in [-0.3, -0.25) is 0 Å². The maximum Gasteiger partial charge on any atom is 0.149 e. The van der Waals surface area contributed by atoms with Gasteiger partial charge in [0.2, 0.25) is 0 Å². The second-order valence-electron chi connectivity index (χ2n) is 4.09. The SMILES string of the molecule is CCOc1cc(N)cc(Nc2cc(Br)c(F)cc2F)c1. The molecular formula is C14H13BrF2N2O. The van der Waals surface area contributed by atoms with Gasteiger partial charge in [0.25, 0.3) is 0 Å². The van der Waals surface area contributed by atoms with Crippen molar-refractivity contribution in [3.63, 3.8) is 0 Å². The predicted molar refractivity (Wildman–Crippen MR) is 79.4 cm³/mol. The Morgan fingerprint density at radius 1 is 1.15 bits per heavy atom. The van der Waals surface area contributed by atoms with Crippen LogP contribution in [0.3, 0.4) is 0 Å². The van der Waals surface area contributed by atoms with Crippen molar-refractivity contribution < 1.29 is 13.5 Å². The van der Waals surface area contributed by atoms with Gasteiger partial charge in [0.1, 0.15) is 17.4 Å². The highest BCUT2D eigenvalue weighted by Gasteiger charge is 2.09. The molecule has 2 rings (SSSR count). The summed E-state index contributed by atoms with van der Waals surface area (Å²) in [6.07, 6.45) is 0. The highest BCUT2D eigenvalue weighted by Crippen LogP contribution is 2.29. The molecule has 2 aromatic rings. The van der Waals surface area contributed by atoms with E-state index >= 15 is 0 Å². The molecule has 3 N–H and O–H groups in total. The van der Waals surface area contributed by atoms with E-state index in [0.29, 0.717) is 23.7 Å². The molecule has 0 spiro atoms. The van der Waals surface area contributed by atoms with Gasteiger partial charge in [-0.2, -0.15) is 0 Å². The van der Waals surface area contributed by atoms with Gasteiger partial charge in [0.15, 0.2) is 0 Å². The molecule has 0 aliphatic rings. The molecular weight excluding hydrogens is 330 g/mol. The van der Waals surface area contributed by atoms with Crippen molar-refractivity contribution in [1.29, 1.82) is 0 Å². The minimum Gasteiger partial charge on any atom is -0.494 e. The van der Waals surface area contributed by atoms with Crippen LogP contribution in [0.4, 0.5) is 25.8 Å². The molecule has 0 saturated heterocycles. The summed E-state index contributed by atoms with van der Waals surface area (Å²) in [6, 6.07) is 7.14. The van der Waals surface area contributed by atoms with Gasteiger partial charge in [-0.05, 0) is 35.0 Å². The normalized spacial score (nSPS) is 10.4. The van der Waals surface area contributed by atoms with Crippen LogP contribution in [0, 0.1) is 11.6 Å². The van der Waals surface area contributed by atoms with E-state index in [1.54, 1.807) is 18.2 Å². The molecule has 0 aliphatic heterocycles. The van der Waals surface area contributed by atoms with Crippen LogP contribution in [0.5, 0.6) is 5.75 Å². The number of nitrogens with one attached hydrogen (secondary N) is 1. The molecule has 0 bridgehead atoms. The minimum absolute atomic E-state index is 0.145. The smallest absolute Gasteiger partial charge is 0.149 e. The summed E-state index contributed by atoms with van der Waals surface area (Å²) in [5.74, 6) is -0.765. The van der Waals surface area contributed by atoms with E-state index < -0.39 is 11.6 Å². The maximum absolute atomic E-state index is 13.7. The minimum atomic E-state index is -0.689. The van der Waals surface area contributed by atoms with Crippen molar-refractivity contribution in [3.8, 4) is 5.75 Å². The average molecular weight is 343 g/mol. The zero-order valence-electron chi connectivity index (χ0n) is 10.7. The van der Waals surface area contributed by atoms with E-state index in [2.05, 4.69) is 21.2 Å². The van der Waals surface area contributed by atoms with Crippen molar-refractivity contribution >= 4 is 33.0 Å². The van der Waals surface area contributed by atoms with Gasteiger partial charge in [0, 0.05) is 29.6 Å².